The van der Waals surface area contributed by atoms with Crippen LogP contribution in [-0.2, 0) is 11.2 Å². The van der Waals surface area contributed by atoms with E-state index in [0.29, 0.717) is 39.9 Å². The van der Waals surface area contributed by atoms with E-state index in [4.69, 9.17) is 21.9 Å². The maximum absolute atomic E-state index is 13.6. The number of hydrogen-bond acceptors (Lipinski definition) is 5. The summed E-state index contributed by atoms with van der Waals surface area (Å²) in [5.74, 6) is 0.309. The Bertz CT molecular complexity index is 1410. The number of benzene rings is 2. The molecule has 176 valence electrons. The summed E-state index contributed by atoms with van der Waals surface area (Å²) in [6, 6.07) is 14.5. The van der Waals surface area contributed by atoms with E-state index in [-0.39, 0.29) is 23.6 Å². The number of nitrogens with two attached hydrogens (primary N) is 1. The molecule has 2 aromatic carbocycles. The normalized spacial score (nSPS) is 19.4. The first-order chi connectivity index (χ1) is 16.4. The lowest BCUT2D eigenvalue weighted by molar-refractivity contribution is -0.123. The molecule has 1 aliphatic rings. The Kier molecular flexibility index (Phi) is 6.15. The second-order valence-corrected chi connectivity index (χ2v) is 9.50. The fourth-order valence-electron chi connectivity index (χ4n) is 5.13. The fourth-order valence-corrected chi connectivity index (χ4v) is 5.39. The van der Waals surface area contributed by atoms with Gasteiger partial charge in [0.2, 0.25) is 5.91 Å². The minimum absolute atomic E-state index is 0.0616. The lowest BCUT2D eigenvalue weighted by Crippen LogP contribution is -2.48. The molecule has 0 spiro atoms. The second-order valence-electron chi connectivity index (χ2n) is 9.09. The molecule has 0 aliphatic heterocycles. The second kappa shape index (κ2) is 9.24. The largest absolute Gasteiger partial charge is 0.360 e. The number of halogens is 1. The van der Waals surface area contributed by atoms with Crippen LogP contribution in [0.25, 0.3) is 21.8 Å². The van der Waals surface area contributed by atoms with Crippen molar-refractivity contribution < 1.29 is 9.32 Å². The zero-order valence-corrected chi connectivity index (χ0v) is 19.7. The summed E-state index contributed by atoms with van der Waals surface area (Å²) in [6.45, 7) is 1.74. The molecule has 34 heavy (non-hydrogen) atoms. The van der Waals surface area contributed by atoms with E-state index in [2.05, 4.69) is 10.5 Å². The number of carbonyl (C=O) groups is 1. The van der Waals surface area contributed by atoms with Crippen LogP contribution in [0.2, 0.25) is 5.02 Å². The van der Waals surface area contributed by atoms with Crippen LogP contribution >= 0.6 is 11.6 Å². The SMILES string of the molecule is Cc1onc2c1c(=O)n(C1CCCC(NC(=O)C(N)Cc3ccccc3)C1)c1cccc(Cl)c21. The monoisotopic (exact) mass is 478 g/mol. The van der Waals surface area contributed by atoms with Gasteiger partial charge in [-0.3, -0.25) is 9.59 Å². The molecule has 1 fully saturated rings. The summed E-state index contributed by atoms with van der Waals surface area (Å²) >= 11 is 6.54. The van der Waals surface area contributed by atoms with Gasteiger partial charge in [-0.1, -0.05) is 53.2 Å². The van der Waals surface area contributed by atoms with Crippen LogP contribution < -0.4 is 16.6 Å². The van der Waals surface area contributed by atoms with E-state index in [9.17, 15) is 9.59 Å². The first-order valence-corrected chi connectivity index (χ1v) is 12.0. The van der Waals surface area contributed by atoms with Crippen molar-refractivity contribution in [2.75, 3.05) is 0 Å². The summed E-state index contributed by atoms with van der Waals surface area (Å²) in [4.78, 5) is 26.4. The van der Waals surface area contributed by atoms with Crippen molar-refractivity contribution in [3.05, 3.63) is 75.2 Å². The third-order valence-electron chi connectivity index (χ3n) is 6.78. The molecule has 7 nitrogen and oxygen atoms in total. The number of aryl methyl sites for hydroxylation is 1. The van der Waals surface area contributed by atoms with Crippen molar-refractivity contribution in [2.45, 2.75) is 57.2 Å². The van der Waals surface area contributed by atoms with Crippen molar-refractivity contribution in [1.29, 1.82) is 0 Å². The van der Waals surface area contributed by atoms with Crippen LogP contribution in [0.4, 0.5) is 0 Å². The number of rotatable bonds is 5. The Morgan fingerprint density at radius 3 is 2.79 bits per heavy atom. The van der Waals surface area contributed by atoms with Gasteiger partial charge in [0.25, 0.3) is 5.56 Å². The highest BCUT2D eigenvalue weighted by Crippen LogP contribution is 2.35. The summed E-state index contributed by atoms with van der Waals surface area (Å²) < 4.78 is 7.17. The van der Waals surface area contributed by atoms with Crippen LogP contribution in [0.5, 0.6) is 0 Å². The molecule has 3 unspecified atom stereocenters. The van der Waals surface area contributed by atoms with E-state index >= 15 is 0 Å². The number of carbonyl (C=O) groups excluding carboxylic acids is 1. The molecule has 1 aliphatic carbocycles. The van der Waals surface area contributed by atoms with Gasteiger partial charge in [0.05, 0.1) is 16.6 Å². The van der Waals surface area contributed by atoms with E-state index < -0.39 is 6.04 Å². The van der Waals surface area contributed by atoms with E-state index in [1.54, 1.807) is 13.0 Å². The van der Waals surface area contributed by atoms with Crippen LogP contribution in [0, 0.1) is 6.92 Å². The van der Waals surface area contributed by atoms with Gasteiger partial charge in [0, 0.05) is 17.5 Å². The molecule has 8 heteroatoms. The van der Waals surface area contributed by atoms with E-state index in [0.717, 1.165) is 30.3 Å². The van der Waals surface area contributed by atoms with Gasteiger partial charge in [-0.25, -0.2) is 0 Å². The number of fused-ring (bicyclic) bond motifs is 3. The molecule has 2 aromatic heterocycles. The molecule has 4 aromatic rings. The average Bonchev–Trinajstić information content (AvgIpc) is 3.22. The number of hydrogen-bond donors (Lipinski definition) is 2. The number of nitrogens with one attached hydrogen (secondary N) is 1. The molecule has 0 bridgehead atoms. The van der Waals surface area contributed by atoms with E-state index in [1.807, 2.05) is 47.0 Å². The topological polar surface area (TPSA) is 103 Å². The van der Waals surface area contributed by atoms with Crippen molar-refractivity contribution in [3.63, 3.8) is 0 Å². The van der Waals surface area contributed by atoms with Crippen molar-refractivity contribution in [1.82, 2.24) is 15.0 Å². The van der Waals surface area contributed by atoms with Crippen molar-refractivity contribution >= 4 is 39.3 Å². The third-order valence-corrected chi connectivity index (χ3v) is 7.09. The average molecular weight is 479 g/mol. The summed E-state index contributed by atoms with van der Waals surface area (Å²) in [5, 5.41) is 8.94. The zero-order valence-electron chi connectivity index (χ0n) is 19.0. The highest BCUT2D eigenvalue weighted by Gasteiger charge is 2.29. The van der Waals surface area contributed by atoms with Gasteiger partial charge in [0.15, 0.2) is 0 Å². The van der Waals surface area contributed by atoms with Crippen molar-refractivity contribution in [3.8, 4) is 0 Å². The molecule has 1 saturated carbocycles. The van der Waals surface area contributed by atoms with Crippen molar-refractivity contribution in [2.24, 2.45) is 5.73 Å². The first-order valence-electron chi connectivity index (χ1n) is 11.6. The number of amides is 1. The maximum atomic E-state index is 13.6. The molecule has 0 saturated heterocycles. The van der Waals surface area contributed by atoms with Crippen LogP contribution in [0.15, 0.2) is 57.8 Å². The van der Waals surface area contributed by atoms with Gasteiger partial charge in [-0.2, -0.15) is 0 Å². The Morgan fingerprint density at radius 2 is 2.00 bits per heavy atom. The molecule has 3 N–H and O–H groups in total. The Labute approximate surface area is 201 Å². The minimum Gasteiger partial charge on any atom is -0.360 e. The quantitative estimate of drug-likeness (QED) is 0.445. The van der Waals surface area contributed by atoms with Gasteiger partial charge < -0.3 is 20.1 Å². The van der Waals surface area contributed by atoms with Gasteiger partial charge in [-0.15, -0.1) is 0 Å². The fraction of sp³-hybridized carbons (Fsp3) is 0.346. The van der Waals surface area contributed by atoms with Crippen LogP contribution in [-0.4, -0.2) is 27.7 Å². The minimum atomic E-state index is -0.624. The smallest absolute Gasteiger partial charge is 0.264 e. The molecule has 2 heterocycles. The molecular weight excluding hydrogens is 452 g/mol. The predicted molar refractivity (Wildman–Crippen MR) is 133 cm³/mol. The molecule has 1 amide bonds. The third kappa shape index (κ3) is 4.10. The van der Waals surface area contributed by atoms with Crippen LogP contribution in [0.1, 0.15) is 43.0 Å². The summed E-state index contributed by atoms with van der Waals surface area (Å²) in [7, 11) is 0. The lowest BCUT2D eigenvalue weighted by Gasteiger charge is -2.32. The Morgan fingerprint density at radius 1 is 1.21 bits per heavy atom. The standard InChI is InChI=1S/C26H27ClN4O3/c1-15-22-24(30-34-15)23-19(27)11-6-12-21(23)31(26(22)33)18-10-5-9-17(14-18)29-25(32)20(28)13-16-7-3-2-4-8-16/h2-4,6-8,11-12,17-18,20H,5,9-10,13-14,28H2,1H3,(H,29,32). The zero-order chi connectivity index (χ0) is 23.8. The highest BCUT2D eigenvalue weighted by atomic mass is 35.5. The van der Waals surface area contributed by atoms with Gasteiger partial charge in [-0.05, 0) is 56.7 Å². The van der Waals surface area contributed by atoms with E-state index in [1.165, 1.54) is 0 Å². The van der Waals surface area contributed by atoms with Gasteiger partial charge in [0.1, 0.15) is 16.7 Å². The molecule has 0 radical (unpaired) electrons. The first kappa shape index (κ1) is 22.6. The summed E-state index contributed by atoms with van der Waals surface area (Å²) in [6.07, 6.45) is 3.69. The molecular formula is C26H27ClN4O3. The number of pyridine rings is 1. The predicted octanol–water partition coefficient (Wildman–Crippen LogP) is 4.27. The Hall–Kier alpha value is -3.16. The lowest BCUT2D eigenvalue weighted by atomic mass is 9.89. The molecule has 3 atom stereocenters. The summed E-state index contributed by atoms with van der Waals surface area (Å²) in [5.41, 5.74) is 8.31. The maximum Gasteiger partial charge on any atom is 0.264 e. The highest BCUT2D eigenvalue weighted by molar-refractivity contribution is 6.37. The van der Waals surface area contributed by atoms with Crippen LogP contribution in [0.3, 0.4) is 0 Å². The molecule has 5 rings (SSSR count). The number of nitrogens with zero attached hydrogens (tertiary/aromatic N) is 2. The van der Waals surface area contributed by atoms with Gasteiger partial charge >= 0.3 is 0 Å². The number of aromatic nitrogens is 2. The Balaban J connectivity index is 1.42.